The molecule has 0 fully saturated rings. The Bertz CT molecular complexity index is 606. The van der Waals surface area contributed by atoms with Crippen LogP contribution >= 0.6 is 23.2 Å². The first-order chi connectivity index (χ1) is 7.65. The van der Waals surface area contributed by atoms with Gasteiger partial charge in [0.2, 0.25) is 0 Å². The molecule has 0 aliphatic heterocycles. The molecule has 0 saturated heterocycles. The van der Waals surface area contributed by atoms with Crippen LogP contribution in [0.15, 0.2) is 41.0 Å². The van der Waals surface area contributed by atoms with E-state index in [1.165, 1.54) is 6.08 Å². The Morgan fingerprint density at radius 3 is 2.56 bits per heavy atom. The molecule has 0 heterocycles. The van der Waals surface area contributed by atoms with Crippen LogP contribution in [0.1, 0.15) is 11.1 Å². The third kappa shape index (κ3) is 1.36. The molecule has 2 aliphatic rings. The Morgan fingerprint density at radius 2 is 1.75 bits per heavy atom. The summed E-state index contributed by atoms with van der Waals surface area (Å²) >= 11 is 11.8. The molecule has 0 N–H and O–H groups in total. The molecular formula is C13H6Cl2O. The average molecular weight is 249 g/mol. The van der Waals surface area contributed by atoms with E-state index in [9.17, 15) is 4.79 Å². The van der Waals surface area contributed by atoms with Gasteiger partial charge >= 0.3 is 0 Å². The second-order valence-electron chi connectivity index (χ2n) is 3.74. The third-order valence-corrected chi connectivity index (χ3v) is 3.17. The minimum atomic E-state index is -0.0465. The molecule has 0 bridgehead atoms. The lowest BCUT2D eigenvalue weighted by atomic mass is 9.96. The van der Waals surface area contributed by atoms with Gasteiger partial charge in [-0.25, -0.2) is 0 Å². The number of benzene rings is 1. The van der Waals surface area contributed by atoms with Crippen LogP contribution in [0.3, 0.4) is 0 Å². The van der Waals surface area contributed by atoms with Crippen molar-refractivity contribution in [2.24, 2.45) is 0 Å². The summed E-state index contributed by atoms with van der Waals surface area (Å²) < 4.78 is 0. The largest absolute Gasteiger partial charge is 0.289 e. The van der Waals surface area contributed by atoms with E-state index in [2.05, 4.69) is 0 Å². The highest BCUT2D eigenvalue weighted by Gasteiger charge is 2.26. The number of hydrogen-bond acceptors (Lipinski definition) is 1. The van der Waals surface area contributed by atoms with Crippen molar-refractivity contribution in [2.75, 3.05) is 0 Å². The highest BCUT2D eigenvalue weighted by atomic mass is 35.5. The number of halogens is 2. The van der Waals surface area contributed by atoms with Crippen LogP contribution in [-0.4, -0.2) is 5.78 Å². The third-order valence-electron chi connectivity index (χ3n) is 2.71. The number of carbonyl (C=O) groups excluding carboxylic acids is 1. The maximum atomic E-state index is 11.7. The molecule has 2 aliphatic carbocycles. The molecule has 16 heavy (non-hydrogen) atoms. The van der Waals surface area contributed by atoms with Gasteiger partial charge in [0.1, 0.15) is 0 Å². The van der Waals surface area contributed by atoms with Gasteiger partial charge in [-0.15, -0.1) is 0 Å². The summed E-state index contributed by atoms with van der Waals surface area (Å²) in [6, 6.07) is 5.58. The second-order valence-corrected chi connectivity index (χ2v) is 4.61. The summed E-state index contributed by atoms with van der Waals surface area (Å²) in [5.74, 6) is -0.0465. The fourth-order valence-corrected chi connectivity index (χ4v) is 2.39. The molecule has 0 radical (unpaired) electrons. The maximum Gasteiger partial charge on any atom is 0.187 e. The molecular weight excluding hydrogens is 243 g/mol. The fraction of sp³-hybridized carbons (Fsp3) is 0. The second kappa shape index (κ2) is 3.34. The summed E-state index contributed by atoms with van der Waals surface area (Å²) in [6.07, 6.45) is 5.11. The van der Waals surface area contributed by atoms with Crippen molar-refractivity contribution in [1.82, 2.24) is 0 Å². The van der Waals surface area contributed by atoms with Crippen molar-refractivity contribution in [2.45, 2.75) is 0 Å². The van der Waals surface area contributed by atoms with Gasteiger partial charge in [-0.3, -0.25) is 4.79 Å². The number of carbonyl (C=O) groups is 1. The lowest BCUT2D eigenvalue weighted by Gasteiger charge is -2.09. The van der Waals surface area contributed by atoms with Gasteiger partial charge in [0.05, 0.1) is 0 Å². The van der Waals surface area contributed by atoms with Crippen LogP contribution in [0.4, 0.5) is 0 Å². The first-order valence-corrected chi connectivity index (χ1v) is 5.56. The van der Waals surface area contributed by atoms with Crippen LogP contribution in [0.25, 0.3) is 11.6 Å². The van der Waals surface area contributed by atoms with Gasteiger partial charge in [0.15, 0.2) is 5.78 Å². The van der Waals surface area contributed by atoms with E-state index in [4.69, 9.17) is 23.2 Å². The highest BCUT2D eigenvalue weighted by molar-refractivity contribution is 6.38. The molecule has 78 valence electrons. The van der Waals surface area contributed by atoms with E-state index in [1.54, 1.807) is 6.08 Å². The summed E-state index contributed by atoms with van der Waals surface area (Å²) in [4.78, 5) is 11.7. The van der Waals surface area contributed by atoms with Crippen molar-refractivity contribution in [1.29, 1.82) is 0 Å². The van der Waals surface area contributed by atoms with Crippen molar-refractivity contribution in [3.63, 3.8) is 0 Å². The van der Waals surface area contributed by atoms with Crippen molar-refractivity contribution in [3.8, 4) is 0 Å². The van der Waals surface area contributed by atoms with Gasteiger partial charge in [-0.05, 0) is 41.0 Å². The Hall–Kier alpha value is -1.31. The summed E-state index contributed by atoms with van der Waals surface area (Å²) in [7, 11) is 0. The number of rotatable bonds is 0. The van der Waals surface area contributed by atoms with E-state index in [0.717, 1.165) is 16.7 Å². The number of allylic oxidation sites excluding steroid dienone is 5. The molecule has 0 saturated carbocycles. The van der Waals surface area contributed by atoms with Gasteiger partial charge < -0.3 is 0 Å². The Balaban J connectivity index is 2.26. The van der Waals surface area contributed by atoms with Gasteiger partial charge in [-0.1, -0.05) is 29.3 Å². The van der Waals surface area contributed by atoms with Crippen LogP contribution in [0.2, 0.25) is 5.02 Å². The zero-order chi connectivity index (χ0) is 11.3. The Labute approximate surface area is 103 Å². The lowest BCUT2D eigenvalue weighted by Crippen LogP contribution is -2.02. The van der Waals surface area contributed by atoms with E-state index in [1.807, 2.05) is 24.3 Å². The van der Waals surface area contributed by atoms with Crippen LogP contribution in [0.5, 0.6) is 0 Å². The summed E-state index contributed by atoms with van der Waals surface area (Å²) in [6.45, 7) is 0. The van der Waals surface area contributed by atoms with Gasteiger partial charge in [0, 0.05) is 21.7 Å². The molecule has 3 rings (SSSR count). The standard InChI is InChI=1S/C13H6Cl2O/c14-8-2-1-7-3-12-11(10(7)4-8)5-9(15)6-13(12)16/h1-6H. The normalized spacial score (nSPS) is 17.4. The van der Waals surface area contributed by atoms with Crippen molar-refractivity contribution < 1.29 is 4.79 Å². The summed E-state index contributed by atoms with van der Waals surface area (Å²) in [5, 5.41) is 1.12. The molecule has 1 nitrogen and oxygen atoms in total. The highest BCUT2D eigenvalue weighted by Crippen LogP contribution is 2.40. The van der Waals surface area contributed by atoms with Gasteiger partial charge in [0.25, 0.3) is 0 Å². The SMILES string of the molecule is O=C1C=C(Cl)C=C2C1=Cc1ccc(Cl)cc12. The molecule has 0 spiro atoms. The monoisotopic (exact) mass is 248 g/mol. The maximum absolute atomic E-state index is 11.7. The molecule has 3 heteroatoms. The van der Waals surface area contributed by atoms with Crippen LogP contribution < -0.4 is 0 Å². The van der Waals surface area contributed by atoms with Gasteiger partial charge in [-0.2, -0.15) is 0 Å². The van der Waals surface area contributed by atoms with E-state index < -0.39 is 0 Å². The molecule has 0 amide bonds. The van der Waals surface area contributed by atoms with Crippen LogP contribution in [-0.2, 0) is 4.79 Å². The minimum Gasteiger partial charge on any atom is -0.289 e. The Kier molecular flexibility index (Phi) is 2.06. The quantitative estimate of drug-likeness (QED) is 0.682. The number of fused-ring (bicyclic) bond motifs is 3. The zero-order valence-corrected chi connectivity index (χ0v) is 9.64. The fourth-order valence-electron chi connectivity index (χ4n) is 2.01. The first kappa shape index (κ1) is 9.88. The predicted octanol–water partition coefficient (Wildman–Crippen LogP) is 3.83. The zero-order valence-electron chi connectivity index (χ0n) is 8.13. The number of hydrogen-bond donors (Lipinski definition) is 0. The topological polar surface area (TPSA) is 17.1 Å². The number of ketones is 1. The summed E-state index contributed by atoms with van der Waals surface area (Å²) in [5.41, 5.74) is 3.55. The molecule has 0 atom stereocenters. The van der Waals surface area contributed by atoms with Crippen molar-refractivity contribution in [3.05, 3.63) is 57.1 Å². The molecule has 1 aromatic rings. The van der Waals surface area contributed by atoms with E-state index in [-0.39, 0.29) is 5.78 Å². The molecule has 0 unspecified atom stereocenters. The van der Waals surface area contributed by atoms with Crippen molar-refractivity contribution >= 4 is 40.6 Å². The van der Waals surface area contributed by atoms with E-state index in [0.29, 0.717) is 15.6 Å². The van der Waals surface area contributed by atoms with E-state index >= 15 is 0 Å². The molecule has 0 aromatic heterocycles. The smallest absolute Gasteiger partial charge is 0.187 e. The lowest BCUT2D eigenvalue weighted by molar-refractivity contribution is -0.110. The Morgan fingerprint density at radius 1 is 0.938 bits per heavy atom. The minimum absolute atomic E-state index is 0.0465. The molecule has 1 aromatic carbocycles. The predicted molar refractivity (Wildman–Crippen MR) is 66.3 cm³/mol. The first-order valence-electron chi connectivity index (χ1n) is 4.80. The average Bonchev–Trinajstić information content (AvgIpc) is 2.57. The van der Waals surface area contributed by atoms with Crippen LogP contribution in [0, 0.1) is 0 Å².